The Labute approximate surface area is 176 Å². The molecule has 0 spiro atoms. The lowest BCUT2D eigenvalue weighted by Crippen LogP contribution is -2.15. The Kier molecular flexibility index (Phi) is 5.20. The molecule has 2 heterocycles. The number of nitrogens with zero attached hydrogens (tertiary/aromatic N) is 3. The molecule has 0 amide bonds. The summed E-state index contributed by atoms with van der Waals surface area (Å²) in [4.78, 5) is 29.9. The summed E-state index contributed by atoms with van der Waals surface area (Å²) < 4.78 is 11.3. The SMILES string of the molecule is COC(=O)c1c(-c2cc(Cl)cc3cccnc23)nn(-c2ccccc2)c1C(=O)OC. The van der Waals surface area contributed by atoms with E-state index in [0.29, 0.717) is 21.8 Å². The van der Waals surface area contributed by atoms with Gasteiger partial charge >= 0.3 is 11.9 Å². The van der Waals surface area contributed by atoms with Gasteiger partial charge in [0.2, 0.25) is 0 Å². The van der Waals surface area contributed by atoms with Crippen LogP contribution in [0.2, 0.25) is 5.02 Å². The van der Waals surface area contributed by atoms with E-state index in [-0.39, 0.29) is 17.0 Å². The summed E-state index contributed by atoms with van der Waals surface area (Å²) in [6.07, 6.45) is 1.63. The Morgan fingerprint density at radius 3 is 2.40 bits per heavy atom. The van der Waals surface area contributed by atoms with E-state index in [1.54, 1.807) is 48.7 Å². The van der Waals surface area contributed by atoms with Crippen molar-refractivity contribution in [2.75, 3.05) is 14.2 Å². The highest BCUT2D eigenvalue weighted by molar-refractivity contribution is 6.32. The predicted octanol–water partition coefficient (Wildman–Crippen LogP) is 4.31. The van der Waals surface area contributed by atoms with Crippen LogP contribution in [0.15, 0.2) is 60.8 Å². The topological polar surface area (TPSA) is 83.3 Å². The van der Waals surface area contributed by atoms with Gasteiger partial charge in [-0.3, -0.25) is 4.98 Å². The maximum absolute atomic E-state index is 12.8. The zero-order valence-electron chi connectivity index (χ0n) is 16.1. The predicted molar refractivity (Wildman–Crippen MR) is 112 cm³/mol. The van der Waals surface area contributed by atoms with E-state index in [9.17, 15) is 9.59 Å². The average Bonchev–Trinajstić information content (AvgIpc) is 3.18. The number of hydrogen-bond acceptors (Lipinski definition) is 6. The van der Waals surface area contributed by atoms with Gasteiger partial charge in [-0.2, -0.15) is 5.10 Å². The van der Waals surface area contributed by atoms with Crippen molar-refractivity contribution >= 4 is 34.4 Å². The molecular formula is C22H16ClN3O4. The normalized spacial score (nSPS) is 10.8. The van der Waals surface area contributed by atoms with E-state index < -0.39 is 11.9 Å². The van der Waals surface area contributed by atoms with Crippen LogP contribution in [0.1, 0.15) is 20.8 Å². The van der Waals surface area contributed by atoms with Gasteiger partial charge in [0.25, 0.3) is 0 Å². The lowest BCUT2D eigenvalue weighted by molar-refractivity contribution is 0.0549. The first-order chi connectivity index (χ1) is 14.5. The minimum Gasteiger partial charge on any atom is -0.465 e. The summed E-state index contributed by atoms with van der Waals surface area (Å²) in [7, 11) is 2.48. The summed E-state index contributed by atoms with van der Waals surface area (Å²) in [6, 6.07) is 16.0. The molecule has 0 fully saturated rings. The van der Waals surface area contributed by atoms with Crippen molar-refractivity contribution in [2.45, 2.75) is 0 Å². The van der Waals surface area contributed by atoms with Crippen molar-refractivity contribution in [3.63, 3.8) is 0 Å². The molecule has 2 aromatic carbocycles. The third-order valence-corrected chi connectivity index (χ3v) is 4.80. The Hall–Kier alpha value is -3.71. The second kappa shape index (κ2) is 7.96. The molecule has 0 aliphatic rings. The molecule has 0 unspecified atom stereocenters. The molecule has 4 rings (SSSR count). The number of methoxy groups -OCH3 is 2. The smallest absolute Gasteiger partial charge is 0.357 e. The number of carbonyl (C=O) groups excluding carboxylic acids is 2. The lowest BCUT2D eigenvalue weighted by atomic mass is 10.0. The number of halogens is 1. The van der Waals surface area contributed by atoms with Gasteiger partial charge in [0, 0.05) is 22.2 Å². The Balaban J connectivity index is 2.12. The van der Waals surface area contributed by atoms with Crippen LogP contribution in [0.25, 0.3) is 27.8 Å². The second-order valence-electron chi connectivity index (χ2n) is 6.33. The van der Waals surface area contributed by atoms with Gasteiger partial charge in [-0.1, -0.05) is 35.9 Å². The zero-order chi connectivity index (χ0) is 21.3. The van der Waals surface area contributed by atoms with Gasteiger partial charge in [-0.25, -0.2) is 14.3 Å². The van der Waals surface area contributed by atoms with Crippen molar-refractivity contribution in [2.24, 2.45) is 0 Å². The van der Waals surface area contributed by atoms with Crippen molar-refractivity contribution in [3.05, 3.63) is 77.1 Å². The molecule has 4 aromatic rings. The monoisotopic (exact) mass is 421 g/mol. The van der Waals surface area contributed by atoms with E-state index >= 15 is 0 Å². The van der Waals surface area contributed by atoms with E-state index in [4.69, 9.17) is 21.1 Å². The highest BCUT2D eigenvalue weighted by atomic mass is 35.5. The third kappa shape index (κ3) is 3.29. The lowest BCUT2D eigenvalue weighted by Gasteiger charge is -2.07. The summed E-state index contributed by atoms with van der Waals surface area (Å²) in [5.41, 5.74) is 1.81. The standard InChI is InChI=1S/C22H16ClN3O4/c1-29-21(27)17-19(16-12-14(23)11-13-7-6-10-24-18(13)16)25-26(20(17)22(28)30-2)15-8-4-3-5-9-15/h3-12H,1-2H3. The van der Waals surface area contributed by atoms with Crippen LogP contribution in [0.3, 0.4) is 0 Å². The molecule has 0 N–H and O–H groups in total. The van der Waals surface area contributed by atoms with Crippen LogP contribution in [0.5, 0.6) is 0 Å². The number of benzene rings is 2. The molecule has 0 aliphatic carbocycles. The van der Waals surface area contributed by atoms with Crippen molar-refractivity contribution in [1.29, 1.82) is 0 Å². The number of para-hydroxylation sites is 1. The molecule has 8 heteroatoms. The third-order valence-electron chi connectivity index (χ3n) is 4.58. The van der Waals surface area contributed by atoms with E-state index in [1.807, 2.05) is 12.1 Å². The molecule has 0 saturated carbocycles. The van der Waals surface area contributed by atoms with Gasteiger partial charge < -0.3 is 9.47 Å². The minimum absolute atomic E-state index is 0.0255. The molecule has 150 valence electrons. The summed E-state index contributed by atoms with van der Waals surface area (Å²) >= 11 is 6.32. The van der Waals surface area contributed by atoms with Crippen LogP contribution in [-0.4, -0.2) is 40.9 Å². The van der Waals surface area contributed by atoms with Crippen molar-refractivity contribution in [3.8, 4) is 16.9 Å². The fourth-order valence-electron chi connectivity index (χ4n) is 3.28. The molecule has 0 atom stereocenters. The quantitative estimate of drug-likeness (QED) is 0.456. The van der Waals surface area contributed by atoms with Crippen LogP contribution >= 0.6 is 11.6 Å². The summed E-state index contributed by atoms with van der Waals surface area (Å²) in [5.74, 6) is -1.45. The van der Waals surface area contributed by atoms with Gasteiger partial charge in [0.15, 0.2) is 5.69 Å². The molecule has 0 radical (unpaired) electrons. The Bertz CT molecular complexity index is 1270. The van der Waals surface area contributed by atoms with Crippen molar-refractivity contribution < 1.29 is 19.1 Å². The van der Waals surface area contributed by atoms with Gasteiger partial charge in [-0.05, 0) is 30.3 Å². The summed E-state index contributed by atoms with van der Waals surface area (Å²) in [6.45, 7) is 0. The second-order valence-corrected chi connectivity index (χ2v) is 6.77. The number of hydrogen-bond donors (Lipinski definition) is 0. The van der Waals surface area contributed by atoms with Crippen LogP contribution < -0.4 is 0 Å². The largest absolute Gasteiger partial charge is 0.465 e. The molecule has 0 aliphatic heterocycles. The highest BCUT2D eigenvalue weighted by Crippen LogP contribution is 2.35. The minimum atomic E-state index is -0.725. The fraction of sp³-hybridized carbons (Fsp3) is 0.0909. The molecule has 2 aromatic heterocycles. The number of rotatable bonds is 4. The maximum Gasteiger partial charge on any atom is 0.357 e. The molecule has 30 heavy (non-hydrogen) atoms. The number of carbonyl (C=O) groups is 2. The van der Waals surface area contributed by atoms with Gasteiger partial charge in [0.05, 0.1) is 25.4 Å². The van der Waals surface area contributed by atoms with E-state index in [2.05, 4.69) is 10.1 Å². The van der Waals surface area contributed by atoms with Crippen LogP contribution in [0.4, 0.5) is 0 Å². The van der Waals surface area contributed by atoms with Crippen molar-refractivity contribution in [1.82, 2.24) is 14.8 Å². The van der Waals surface area contributed by atoms with E-state index in [0.717, 1.165) is 5.39 Å². The van der Waals surface area contributed by atoms with Crippen LogP contribution in [0, 0.1) is 0 Å². The van der Waals surface area contributed by atoms with Crippen LogP contribution in [-0.2, 0) is 9.47 Å². The number of fused-ring (bicyclic) bond motifs is 1. The molecule has 7 nitrogen and oxygen atoms in total. The molecule has 0 bridgehead atoms. The first kappa shape index (κ1) is 19.6. The Morgan fingerprint density at radius 1 is 0.967 bits per heavy atom. The number of esters is 2. The molecule has 0 saturated heterocycles. The highest BCUT2D eigenvalue weighted by Gasteiger charge is 2.32. The number of aromatic nitrogens is 3. The molecular weight excluding hydrogens is 406 g/mol. The van der Waals surface area contributed by atoms with Gasteiger partial charge in [0.1, 0.15) is 11.3 Å². The first-order valence-electron chi connectivity index (χ1n) is 8.95. The number of pyridine rings is 1. The van der Waals surface area contributed by atoms with Gasteiger partial charge in [-0.15, -0.1) is 0 Å². The summed E-state index contributed by atoms with van der Waals surface area (Å²) in [5, 5.41) is 5.80. The fourth-order valence-corrected chi connectivity index (χ4v) is 3.51. The number of ether oxygens (including phenoxy) is 2. The maximum atomic E-state index is 12.8. The Morgan fingerprint density at radius 2 is 1.70 bits per heavy atom. The van der Waals surface area contributed by atoms with E-state index in [1.165, 1.54) is 18.9 Å². The zero-order valence-corrected chi connectivity index (χ0v) is 16.9. The first-order valence-corrected chi connectivity index (χ1v) is 9.32. The average molecular weight is 422 g/mol.